The predicted molar refractivity (Wildman–Crippen MR) is 83.0 cm³/mol. The van der Waals surface area contributed by atoms with Gasteiger partial charge in [0.15, 0.2) is 5.82 Å². The zero-order valence-corrected chi connectivity index (χ0v) is 13.6. The molecule has 0 aliphatic carbocycles. The van der Waals surface area contributed by atoms with Gasteiger partial charge in [-0.2, -0.15) is 4.98 Å². The standard InChI is InChI=1S/C16H16N4O4/c1-4-13-17-12(18-24-13)8-19-14(21)15(22)20(16(19)23)11-6-5-9(2)7-10(11)3/h5-7H,4,8H2,1-3H3. The molecule has 0 bridgehead atoms. The van der Waals surface area contributed by atoms with E-state index in [0.29, 0.717) is 18.0 Å². The summed E-state index contributed by atoms with van der Waals surface area (Å²) in [5.41, 5.74) is 2.13. The van der Waals surface area contributed by atoms with E-state index in [0.717, 1.165) is 20.9 Å². The van der Waals surface area contributed by atoms with Gasteiger partial charge in [-0.15, -0.1) is 0 Å². The summed E-state index contributed by atoms with van der Waals surface area (Å²) in [5.74, 6) is -1.19. The molecule has 2 heterocycles. The molecule has 124 valence electrons. The second-order valence-corrected chi connectivity index (χ2v) is 5.56. The number of amides is 4. The number of benzene rings is 1. The van der Waals surface area contributed by atoms with Crippen LogP contribution in [-0.4, -0.2) is 32.9 Å². The Bertz CT molecular complexity index is 842. The molecule has 0 saturated carbocycles. The van der Waals surface area contributed by atoms with Gasteiger partial charge in [0.2, 0.25) is 5.89 Å². The number of hydrogen-bond donors (Lipinski definition) is 0. The molecule has 4 amide bonds. The van der Waals surface area contributed by atoms with E-state index in [1.165, 1.54) is 0 Å². The molecule has 3 rings (SSSR count). The van der Waals surface area contributed by atoms with Crippen LogP contribution >= 0.6 is 0 Å². The summed E-state index contributed by atoms with van der Waals surface area (Å²) in [6.07, 6.45) is 0.544. The molecule has 0 atom stereocenters. The van der Waals surface area contributed by atoms with Crippen LogP contribution in [0.1, 0.15) is 29.8 Å². The fraction of sp³-hybridized carbons (Fsp3) is 0.312. The topological polar surface area (TPSA) is 96.6 Å². The highest BCUT2D eigenvalue weighted by molar-refractivity contribution is 6.52. The number of hydrogen-bond acceptors (Lipinski definition) is 6. The summed E-state index contributed by atoms with van der Waals surface area (Å²) in [6, 6.07) is 4.57. The van der Waals surface area contributed by atoms with Crippen molar-refractivity contribution in [2.24, 2.45) is 0 Å². The van der Waals surface area contributed by atoms with Crippen LogP contribution in [0.15, 0.2) is 22.7 Å². The van der Waals surface area contributed by atoms with Crippen molar-refractivity contribution >= 4 is 23.5 Å². The van der Waals surface area contributed by atoms with E-state index in [2.05, 4.69) is 10.1 Å². The highest BCUT2D eigenvalue weighted by atomic mass is 16.5. The van der Waals surface area contributed by atoms with Crippen molar-refractivity contribution in [1.29, 1.82) is 0 Å². The summed E-state index contributed by atoms with van der Waals surface area (Å²) in [7, 11) is 0. The van der Waals surface area contributed by atoms with Gasteiger partial charge in [0.1, 0.15) is 0 Å². The lowest BCUT2D eigenvalue weighted by molar-refractivity contribution is -0.139. The van der Waals surface area contributed by atoms with Gasteiger partial charge in [-0.3, -0.25) is 9.59 Å². The Morgan fingerprint density at radius 2 is 1.88 bits per heavy atom. The van der Waals surface area contributed by atoms with Crippen LogP contribution in [0.2, 0.25) is 0 Å². The van der Waals surface area contributed by atoms with Crippen molar-refractivity contribution in [1.82, 2.24) is 15.0 Å². The van der Waals surface area contributed by atoms with Crippen LogP contribution in [0, 0.1) is 13.8 Å². The Morgan fingerprint density at radius 1 is 1.12 bits per heavy atom. The fourth-order valence-corrected chi connectivity index (χ4v) is 2.55. The van der Waals surface area contributed by atoms with Gasteiger partial charge in [-0.05, 0) is 25.5 Å². The number of aromatic nitrogens is 2. The maximum absolute atomic E-state index is 12.6. The third-order valence-electron chi connectivity index (χ3n) is 3.76. The second kappa shape index (κ2) is 5.88. The van der Waals surface area contributed by atoms with Gasteiger partial charge in [0, 0.05) is 6.42 Å². The predicted octanol–water partition coefficient (Wildman–Crippen LogP) is 1.74. The molecule has 1 aromatic heterocycles. The first-order valence-corrected chi connectivity index (χ1v) is 7.51. The number of carbonyl (C=O) groups excluding carboxylic acids is 3. The molecule has 1 saturated heterocycles. The number of aryl methyl sites for hydroxylation is 3. The summed E-state index contributed by atoms with van der Waals surface area (Å²) in [4.78, 5) is 42.8. The molecule has 1 aromatic carbocycles. The Balaban J connectivity index is 1.90. The van der Waals surface area contributed by atoms with Crippen molar-refractivity contribution < 1.29 is 18.9 Å². The molecule has 1 fully saturated rings. The van der Waals surface area contributed by atoms with Crippen molar-refractivity contribution in [3.63, 3.8) is 0 Å². The number of urea groups is 1. The van der Waals surface area contributed by atoms with Crippen molar-refractivity contribution in [3.05, 3.63) is 41.0 Å². The first-order chi connectivity index (χ1) is 11.4. The van der Waals surface area contributed by atoms with Gasteiger partial charge < -0.3 is 4.52 Å². The maximum atomic E-state index is 12.6. The average Bonchev–Trinajstić information content (AvgIpc) is 3.08. The van der Waals surface area contributed by atoms with E-state index in [9.17, 15) is 14.4 Å². The lowest BCUT2D eigenvalue weighted by Gasteiger charge is -2.16. The quantitative estimate of drug-likeness (QED) is 0.626. The van der Waals surface area contributed by atoms with Crippen LogP contribution in [0.25, 0.3) is 0 Å². The lowest BCUT2D eigenvalue weighted by Crippen LogP contribution is -2.33. The second-order valence-electron chi connectivity index (χ2n) is 5.56. The molecule has 24 heavy (non-hydrogen) atoms. The first kappa shape index (κ1) is 15.9. The minimum Gasteiger partial charge on any atom is -0.339 e. The Kier molecular flexibility index (Phi) is 3.88. The highest BCUT2D eigenvalue weighted by Crippen LogP contribution is 2.27. The van der Waals surface area contributed by atoms with Crippen LogP contribution in [0.3, 0.4) is 0 Å². The molecule has 0 spiro atoms. The number of anilines is 1. The van der Waals surface area contributed by atoms with Gasteiger partial charge in [0.05, 0.1) is 12.2 Å². The van der Waals surface area contributed by atoms with E-state index < -0.39 is 17.8 Å². The molecule has 1 aliphatic rings. The summed E-state index contributed by atoms with van der Waals surface area (Å²) in [5, 5.41) is 3.71. The van der Waals surface area contributed by atoms with E-state index in [-0.39, 0.29) is 12.4 Å². The van der Waals surface area contributed by atoms with Crippen molar-refractivity contribution in [2.45, 2.75) is 33.7 Å². The average molecular weight is 328 g/mol. The minimum absolute atomic E-state index is 0.184. The first-order valence-electron chi connectivity index (χ1n) is 7.51. The molecular weight excluding hydrogens is 312 g/mol. The van der Waals surface area contributed by atoms with Crippen molar-refractivity contribution in [3.8, 4) is 0 Å². The zero-order chi connectivity index (χ0) is 17.4. The monoisotopic (exact) mass is 328 g/mol. The smallest absolute Gasteiger partial charge is 0.339 e. The molecule has 0 unspecified atom stereocenters. The van der Waals surface area contributed by atoms with E-state index >= 15 is 0 Å². The van der Waals surface area contributed by atoms with E-state index in [1.54, 1.807) is 19.1 Å². The fourth-order valence-electron chi connectivity index (χ4n) is 2.55. The number of carbonyl (C=O) groups is 3. The summed E-state index contributed by atoms with van der Waals surface area (Å²) in [6.45, 7) is 5.33. The van der Waals surface area contributed by atoms with Crippen molar-refractivity contribution in [2.75, 3.05) is 4.90 Å². The maximum Gasteiger partial charge on any atom is 0.339 e. The Hall–Kier alpha value is -3.03. The third kappa shape index (κ3) is 2.55. The number of rotatable bonds is 4. The summed E-state index contributed by atoms with van der Waals surface area (Å²) < 4.78 is 4.96. The molecule has 8 nitrogen and oxygen atoms in total. The van der Waals surface area contributed by atoms with Gasteiger partial charge in [-0.1, -0.05) is 29.8 Å². The summed E-state index contributed by atoms with van der Waals surface area (Å²) >= 11 is 0. The molecule has 1 aliphatic heterocycles. The largest absolute Gasteiger partial charge is 0.339 e. The Morgan fingerprint density at radius 3 is 2.50 bits per heavy atom. The number of nitrogens with zero attached hydrogens (tertiary/aromatic N) is 4. The minimum atomic E-state index is -0.900. The van der Waals surface area contributed by atoms with Crippen LogP contribution in [0.5, 0.6) is 0 Å². The van der Waals surface area contributed by atoms with Gasteiger partial charge >= 0.3 is 17.8 Å². The molecule has 0 N–H and O–H groups in total. The SMILES string of the molecule is CCc1nc(CN2C(=O)C(=O)N(c3ccc(C)cc3C)C2=O)no1. The number of imide groups is 2. The van der Waals surface area contributed by atoms with Gasteiger partial charge in [-0.25, -0.2) is 14.6 Å². The van der Waals surface area contributed by atoms with Crippen LogP contribution < -0.4 is 4.90 Å². The molecule has 8 heteroatoms. The Labute approximate surface area is 138 Å². The van der Waals surface area contributed by atoms with Crippen LogP contribution in [0.4, 0.5) is 10.5 Å². The van der Waals surface area contributed by atoms with E-state index in [4.69, 9.17) is 4.52 Å². The normalized spacial score (nSPS) is 14.9. The van der Waals surface area contributed by atoms with Gasteiger partial charge in [0.25, 0.3) is 0 Å². The van der Waals surface area contributed by atoms with E-state index in [1.807, 2.05) is 19.9 Å². The molecule has 2 aromatic rings. The zero-order valence-electron chi connectivity index (χ0n) is 13.6. The lowest BCUT2D eigenvalue weighted by atomic mass is 10.1. The third-order valence-corrected chi connectivity index (χ3v) is 3.76. The highest BCUT2D eigenvalue weighted by Gasteiger charge is 2.46. The van der Waals surface area contributed by atoms with Crippen LogP contribution in [-0.2, 0) is 22.6 Å². The molecular formula is C16H16N4O4. The molecule has 0 radical (unpaired) electrons.